The Labute approximate surface area is 281 Å². The molecule has 1 aliphatic heterocycles. The van der Waals surface area contributed by atoms with Crippen LogP contribution in [-0.2, 0) is 33.3 Å². The third-order valence-corrected chi connectivity index (χ3v) is 13.1. The molecule has 0 amide bonds. The van der Waals surface area contributed by atoms with Gasteiger partial charge in [0.05, 0.1) is 31.3 Å². The largest absolute Gasteiger partial charge is 0.472 e. The van der Waals surface area contributed by atoms with Crippen molar-refractivity contribution >= 4 is 24.0 Å². The lowest BCUT2D eigenvalue weighted by Crippen LogP contribution is -2.74. The van der Waals surface area contributed by atoms with E-state index in [2.05, 4.69) is 33.8 Å². The molecule has 1 aromatic carbocycles. The number of aliphatic hydroxyl groups excluding tert-OH is 1. The number of furan rings is 1. The smallest absolute Gasteiger partial charge is 0.331 e. The Hall–Kier alpha value is -3.69. The number of allylic oxidation sites excluding steroid dienone is 1. The van der Waals surface area contributed by atoms with Crippen LogP contribution in [0.15, 0.2) is 71.1 Å². The van der Waals surface area contributed by atoms with E-state index in [-0.39, 0.29) is 36.8 Å². The number of esters is 3. The third-order valence-electron chi connectivity index (χ3n) is 13.1. The van der Waals surface area contributed by atoms with Crippen LogP contribution in [0.2, 0.25) is 0 Å². The maximum Gasteiger partial charge on any atom is 0.331 e. The Balaban J connectivity index is 1.35. The van der Waals surface area contributed by atoms with Gasteiger partial charge in [-0.05, 0) is 42.0 Å². The summed E-state index contributed by atoms with van der Waals surface area (Å²) in [7, 11) is 0. The fourth-order valence-corrected chi connectivity index (χ4v) is 11.2. The number of fused-ring (bicyclic) bond motifs is 4. The first-order chi connectivity index (χ1) is 22.7. The summed E-state index contributed by atoms with van der Waals surface area (Å²) in [6.45, 7) is 11.6. The highest BCUT2D eigenvalue weighted by molar-refractivity contribution is 5.87. The zero-order chi connectivity index (χ0) is 34.2. The molecule has 5 aliphatic rings. The highest BCUT2D eigenvalue weighted by Crippen LogP contribution is 2.75. The molecule has 0 radical (unpaired) electrons. The number of carbonyl (C=O) groups excluding carboxylic acids is 3. The van der Waals surface area contributed by atoms with Crippen LogP contribution in [0.3, 0.4) is 0 Å². The first-order valence-electron chi connectivity index (χ1n) is 17.1. The number of carbonyl (C=O) groups is 3. The SMILES string of the molecule is CC(=O)O[C@H]1C[C@H]2[C@](C)(C3=CC[C@@H](c4ccoc4)[C@@]31C)[C@H](O)[C@@H]1OC[C@@]3(C)C1[C@]2(C)[C@@H](OC(=O)/C=C/c1ccccc1)C[C@H]3OC(C)=O. The van der Waals surface area contributed by atoms with Crippen molar-refractivity contribution in [2.24, 2.45) is 33.5 Å². The van der Waals surface area contributed by atoms with Gasteiger partial charge in [-0.25, -0.2) is 4.79 Å². The second-order valence-corrected chi connectivity index (χ2v) is 15.5. The Kier molecular flexibility index (Phi) is 7.83. The van der Waals surface area contributed by atoms with Gasteiger partial charge >= 0.3 is 17.9 Å². The number of aliphatic hydroxyl groups is 1. The van der Waals surface area contributed by atoms with Gasteiger partial charge in [0.15, 0.2) is 0 Å². The molecule has 0 bridgehead atoms. The second kappa shape index (κ2) is 11.4. The van der Waals surface area contributed by atoms with Crippen molar-refractivity contribution in [3.8, 4) is 0 Å². The first kappa shape index (κ1) is 32.8. The van der Waals surface area contributed by atoms with E-state index < -0.39 is 64.1 Å². The molecular formula is C39H46O9. The first-order valence-corrected chi connectivity index (χ1v) is 17.1. The van der Waals surface area contributed by atoms with Gasteiger partial charge in [-0.15, -0.1) is 0 Å². The van der Waals surface area contributed by atoms with Crippen molar-refractivity contribution in [3.05, 3.63) is 77.8 Å². The molecule has 1 saturated heterocycles. The van der Waals surface area contributed by atoms with Gasteiger partial charge in [-0.2, -0.15) is 0 Å². The summed E-state index contributed by atoms with van der Waals surface area (Å²) in [5.74, 6) is -1.95. The predicted octanol–water partition coefficient (Wildman–Crippen LogP) is 6.02. The van der Waals surface area contributed by atoms with Crippen LogP contribution in [-0.4, -0.2) is 60.1 Å². The summed E-state index contributed by atoms with van der Waals surface area (Å²) in [5.41, 5.74) is 0.0482. The zero-order valence-corrected chi connectivity index (χ0v) is 28.5. The average molecular weight is 659 g/mol. The van der Waals surface area contributed by atoms with Gasteiger partial charge in [0.25, 0.3) is 0 Å². The van der Waals surface area contributed by atoms with E-state index in [1.807, 2.05) is 36.4 Å². The summed E-state index contributed by atoms with van der Waals surface area (Å²) in [5, 5.41) is 12.6. The number of rotatable bonds is 6. The molecular weight excluding hydrogens is 612 g/mol. The van der Waals surface area contributed by atoms with Crippen LogP contribution in [0.1, 0.15) is 77.8 Å². The van der Waals surface area contributed by atoms with E-state index in [9.17, 15) is 19.5 Å². The van der Waals surface area contributed by atoms with Crippen LogP contribution >= 0.6 is 0 Å². The minimum absolute atomic E-state index is 0.0303. The molecule has 3 saturated carbocycles. The minimum Gasteiger partial charge on any atom is -0.472 e. The van der Waals surface area contributed by atoms with E-state index in [0.717, 1.165) is 16.7 Å². The molecule has 256 valence electrons. The molecule has 4 fully saturated rings. The summed E-state index contributed by atoms with van der Waals surface area (Å²) in [6.07, 6.45) is 6.86. The predicted molar refractivity (Wildman–Crippen MR) is 175 cm³/mol. The highest BCUT2D eigenvalue weighted by Gasteiger charge is 2.78. The van der Waals surface area contributed by atoms with Crippen molar-refractivity contribution in [3.63, 3.8) is 0 Å². The quantitative estimate of drug-likeness (QED) is 0.172. The molecule has 2 aromatic rings. The van der Waals surface area contributed by atoms with Gasteiger partial charge in [0, 0.05) is 59.8 Å². The number of hydrogen-bond acceptors (Lipinski definition) is 9. The fraction of sp³-hybridized carbons (Fsp3) is 0.564. The molecule has 48 heavy (non-hydrogen) atoms. The van der Waals surface area contributed by atoms with Crippen molar-refractivity contribution in [1.82, 2.24) is 0 Å². The van der Waals surface area contributed by atoms with Crippen molar-refractivity contribution < 1.29 is 42.9 Å². The molecule has 9 nitrogen and oxygen atoms in total. The van der Waals surface area contributed by atoms with Crippen LogP contribution in [0, 0.1) is 33.5 Å². The van der Waals surface area contributed by atoms with Gasteiger partial charge in [-0.1, -0.05) is 69.7 Å². The van der Waals surface area contributed by atoms with Crippen molar-refractivity contribution in [1.29, 1.82) is 0 Å². The lowest BCUT2D eigenvalue weighted by Gasteiger charge is -2.70. The van der Waals surface area contributed by atoms with Crippen LogP contribution in [0.5, 0.6) is 0 Å². The Morgan fingerprint density at radius 3 is 2.27 bits per heavy atom. The minimum atomic E-state index is -0.917. The van der Waals surface area contributed by atoms with E-state index in [1.54, 1.807) is 18.6 Å². The Morgan fingerprint density at radius 1 is 0.896 bits per heavy atom. The Morgan fingerprint density at radius 2 is 1.60 bits per heavy atom. The maximum atomic E-state index is 13.6. The van der Waals surface area contributed by atoms with E-state index in [4.69, 9.17) is 23.4 Å². The maximum absolute atomic E-state index is 13.6. The van der Waals surface area contributed by atoms with Crippen LogP contribution < -0.4 is 0 Å². The van der Waals surface area contributed by atoms with Crippen molar-refractivity contribution in [2.45, 2.75) is 97.2 Å². The summed E-state index contributed by atoms with van der Waals surface area (Å²) >= 11 is 0. The normalized spacial score (nSPS) is 42.7. The topological polar surface area (TPSA) is 122 Å². The zero-order valence-electron chi connectivity index (χ0n) is 28.5. The molecule has 1 aromatic heterocycles. The van der Waals surface area contributed by atoms with Gasteiger partial charge < -0.3 is 28.5 Å². The monoisotopic (exact) mass is 658 g/mol. The third kappa shape index (κ3) is 4.60. The van der Waals surface area contributed by atoms with Crippen molar-refractivity contribution in [2.75, 3.05) is 6.61 Å². The average Bonchev–Trinajstić information content (AvgIpc) is 3.78. The molecule has 2 heterocycles. The molecule has 9 heteroatoms. The number of ether oxygens (including phenoxy) is 4. The van der Waals surface area contributed by atoms with Gasteiger partial charge in [0.1, 0.15) is 18.3 Å². The molecule has 4 aliphatic carbocycles. The molecule has 12 atom stereocenters. The van der Waals surface area contributed by atoms with Gasteiger partial charge in [0.2, 0.25) is 0 Å². The molecule has 0 spiro atoms. The van der Waals surface area contributed by atoms with E-state index >= 15 is 0 Å². The van der Waals surface area contributed by atoms with E-state index in [0.29, 0.717) is 12.8 Å². The molecule has 7 rings (SSSR count). The van der Waals surface area contributed by atoms with E-state index in [1.165, 1.54) is 19.9 Å². The number of benzene rings is 1. The fourth-order valence-electron chi connectivity index (χ4n) is 11.2. The summed E-state index contributed by atoms with van der Waals surface area (Å²) < 4.78 is 30.7. The standard InChI is InChI=1S/C39H46O9/c1-22(40)46-29-19-31(48-32(42)15-12-24-10-8-7-9-11-24)39(6)28-18-30(47-23(2)41)37(4)26(25-16-17-44-20-25)13-14-27(37)38(28,5)35(43)33-34(39)36(29,3)21-45-33/h7-12,14-17,20,26,28-31,33-35,43H,13,18-19,21H2,1-6H3/b15-12+/t26-,28-,29+,30-,31-,33+,34?,35+,36+,37-,38-,39-/m0/s1. The lowest BCUT2D eigenvalue weighted by atomic mass is 9.36. The molecule has 1 unspecified atom stereocenters. The summed E-state index contributed by atoms with van der Waals surface area (Å²) in [6, 6.07) is 11.5. The highest BCUT2D eigenvalue weighted by atomic mass is 16.6. The molecule has 1 N–H and O–H groups in total. The lowest BCUT2D eigenvalue weighted by molar-refractivity contribution is -0.270. The van der Waals surface area contributed by atoms with Crippen LogP contribution in [0.25, 0.3) is 6.08 Å². The summed E-state index contributed by atoms with van der Waals surface area (Å²) in [4.78, 5) is 38.8. The number of hydrogen-bond donors (Lipinski definition) is 1. The Bertz CT molecular complexity index is 1650. The van der Waals surface area contributed by atoms with Gasteiger partial charge in [-0.3, -0.25) is 9.59 Å². The second-order valence-electron chi connectivity index (χ2n) is 15.5. The van der Waals surface area contributed by atoms with Crippen LogP contribution in [0.4, 0.5) is 0 Å².